The van der Waals surface area contributed by atoms with Crippen LogP contribution in [0.5, 0.6) is 0 Å². The van der Waals surface area contributed by atoms with Crippen LogP contribution in [0.4, 0.5) is 0 Å². The van der Waals surface area contributed by atoms with E-state index in [1.807, 2.05) is 0 Å². The molecule has 1 saturated heterocycles. The molecule has 1 saturated carbocycles. The van der Waals surface area contributed by atoms with Crippen LogP contribution in [-0.4, -0.2) is 43.3 Å². The van der Waals surface area contributed by atoms with Crippen LogP contribution in [0.25, 0.3) is 0 Å². The Hall–Kier alpha value is -0.120. The molecule has 0 aromatic carbocycles. The highest BCUT2D eigenvalue weighted by Gasteiger charge is 2.33. The first-order valence-electron chi connectivity index (χ1n) is 6.23. The van der Waals surface area contributed by atoms with Crippen molar-refractivity contribution in [1.29, 1.82) is 0 Å². The maximum Gasteiger partial charge on any atom is 0.0622 e. The van der Waals surface area contributed by atoms with Crippen LogP contribution in [-0.2, 0) is 4.74 Å². The summed E-state index contributed by atoms with van der Waals surface area (Å²) in [5.41, 5.74) is 6.23. The molecule has 4 unspecified atom stereocenters. The Morgan fingerprint density at radius 3 is 2.73 bits per heavy atom. The molecule has 1 heterocycles. The molecule has 2 fully saturated rings. The summed E-state index contributed by atoms with van der Waals surface area (Å²) in [5, 5.41) is 0. The van der Waals surface area contributed by atoms with Gasteiger partial charge >= 0.3 is 0 Å². The summed E-state index contributed by atoms with van der Waals surface area (Å²) in [7, 11) is 2.22. The second kappa shape index (κ2) is 4.81. The molecule has 2 N–H and O–H groups in total. The standard InChI is InChI=1S/C12H24N2O/c1-9-3-4-11(13)12(7-9)14(2)10-5-6-15-8-10/h9-12H,3-8,13H2,1-2H3. The average Bonchev–Trinajstić information content (AvgIpc) is 2.74. The van der Waals surface area contributed by atoms with E-state index < -0.39 is 0 Å². The van der Waals surface area contributed by atoms with Crippen LogP contribution in [0.3, 0.4) is 0 Å². The van der Waals surface area contributed by atoms with Gasteiger partial charge in [-0.05, 0) is 38.6 Å². The molecule has 0 radical (unpaired) electrons. The van der Waals surface area contributed by atoms with Crippen molar-refractivity contribution in [2.45, 2.75) is 50.7 Å². The zero-order valence-corrected chi connectivity index (χ0v) is 9.98. The molecule has 1 aliphatic carbocycles. The first-order valence-corrected chi connectivity index (χ1v) is 6.23. The fourth-order valence-electron chi connectivity index (χ4n) is 2.96. The largest absolute Gasteiger partial charge is 0.380 e. The van der Waals surface area contributed by atoms with Gasteiger partial charge in [0, 0.05) is 24.7 Å². The number of ether oxygens (including phenoxy) is 1. The molecular formula is C12H24N2O. The van der Waals surface area contributed by atoms with Crippen LogP contribution >= 0.6 is 0 Å². The lowest BCUT2D eigenvalue weighted by molar-refractivity contribution is 0.0879. The lowest BCUT2D eigenvalue weighted by atomic mass is 9.82. The van der Waals surface area contributed by atoms with Gasteiger partial charge in [0.2, 0.25) is 0 Å². The van der Waals surface area contributed by atoms with Crippen molar-refractivity contribution < 1.29 is 4.74 Å². The molecule has 0 aromatic rings. The summed E-state index contributed by atoms with van der Waals surface area (Å²) in [4.78, 5) is 2.48. The predicted molar refractivity (Wildman–Crippen MR) is 61.8 cm³/mol. The Morgan fingerprint density at radius 1 is 1.27 bits per heavy atom. The Balaban J connectivity index is 1.94. The molecule has 4 atom stereocenters. The monoisotopic (exact) mass is 212 g/mol. The van der Waals surface area contributed by atoms with Crippen molar-refractivity contribution in [2.24, 2.45) is 11.7 Å². The second-order valence-electron chi connectivity index (χ2n) is 5.33. The highest BCUT2D eigenvalue weighted by Crippen LogP contribution is 2.28. The number of nitrogens with zero attached hydrogens (tertiary/aromatic N) is 1. The normalized spacial score (nSPS) is 42.4. The zero-order chi connectivity index (χ0) is 10.8. The van der Waals surface area contributed by atoms with Gasteiger partial charge in [-0.25, -0.2) is 0 Å². The maximum absolute atomic E-state index is 6.23. The molecule has 3 heteroatoms. The van der Waals surface area contributed by atoms with Crippen LogP contribution in [0.2, 0.25) is 0 Å². The first kappa shape index (κ1) is 11.4. The predicted octanol–water partition coefficient (Wildman–Crippen LogP) is 1.22. The Kier molecular flexibility index (Phi) is 3.65. The molecule has 15 heavy (non-hydrogen) atoms. The van der Waals surface area contributed by atoms with Gasteiger partial charge in [-0.2, -0.15) is 0 Å². The van der Waals surface area contributed by atoms with Crippen molar-refractivity contribution >= 4 is 0 Å². The molecule has 0 spiro atoms. The van der Waals surface area contributed by atoms with E-state index in [1.54, 1.807) is 0 Å². The van der Waals surface area contributed by atoms with E-state index in [9.17, 15) is 0 Å². The van der Waals surface area contributed by atoms with Crippen molar-refractivity contribution in [1.82, 2.24) is 4.90 Å². The molecule has 3 nitrogen and oxygen atoms in total. The fraction of sp³-hybridized carbons (Fsp3) is 1.00. The summed E-state index contributed by atoms with van der Waals surface area (Å²) in [6.45, 7) is 4.17. The van der Waals surface area contributed by atoms with Gasteiger partial charge in [0.05, 0.1) is 6.61 Å². The van der Waals surface area contributed by atoms with Crippen molar-refractivity contribution in [3.05, 3.63) is 0 Å². The number of likely N-dealkylation sites (N-methyl/N-ethyl adjacent to an activating group) is 1. The highest BCUT2D eigenvalue weighted by molar-refractivity contribution is 4.90. The summed E-state index contributed by atoms with van der Waals surface area (Å²) < 4.78 is 5.45. The summed E-state index contributed by atoms with van der Waals surface area (Å²) >= 11 is 0. The number of rotatable bonds is 2. The molecule has 1 aliphatic heterocycles. The van der Waals surface area contributed by atoms with E-state index in [4.69, 9.17) is 10.5 Å². The van der Waals surface area contributed by atoms with Gasteiger partial charge in [0.1, 0.15) is 0 Å². The molecular weight excluding hydrogens is 188 g/mol. The quantitative estimate of drug-likeness (QED) is 0.748. The van der Waals surface area contributed by atoms with Crippen molar-refractivity contribution in [2.75, 3.05) is 20.3 Å². The second-order valence-corrected chi connectivity index (χ2v) is 5.33. The summed E-state index contributed by atoms with van der Waals surface area (Å²) in [6.07, 6.45) is 4.92. The minimum Gasteiger partial charge on any atom is -0.380 e. The lowest BCUT2D eigenvalue weighted by Crippen LogP contribution is -2.53. The third kappa shape index (κ3) is 2.52. The van der Waals surface area contributed by atoms with Gasteiger partial charge in [0.15, 0.2) is 0 Å². The molecule has 0 amide bonds. The van der Waals surface area contributed by atoms with Crippen LogP contribution < -0.4 is 5.73 Å². The summed E-state index contributed by atoms with van der Waals surface area (Å²) in [6, 6.07) is 1.54. The van der Waals surface area contributed by atoms with Crippen LogP contribution in [0.15, 0.2) is 0 Å². The Bertz CT molecular complexity index is 204. The smallest absolute Gasteiger partial charge is 0.0622 e. The maximum atomic E-state index is 6.23. The topological polar surface area (TPSA) is 38.5 Å². The van der Waals surface area contributed by atoms with E-state index in [0.717, 1.165) is 19.1 Å². The Morgan fingerprint density at radius 2 is 2.07 bits per heavy atom. The number of hydrogen-bond donors (Lipinski definition) is 1. The third-order valence-electron chi connectivity index (χ3n) is 4.14. The molecule has 2 rings (SSSR count). The van der Waals surface area contributed by atoms with E-state index in [-0.39, 0.29) is 0 Å². The SMILES string of the molecule is CC1CCC(N)C(N(C)C2CCOC2)C1. The van der Waals surface area contributed by atoms with Gasteiger partial charge in [0.25, 0.3) is 0 Å². The first-order chi connectivity index (χ1) is 7.18. The summed E-state index contributed by atoms with van der Waals surface area (Å²) in [5.74, 6) is 0.833. The van der Waals surface area contributed by atoms with Gasteiger partial charge in [-0.15, -0.1) is 0 Å². The Labute approximate surface area is 93.0 Å². The minimum absolute atomic E-state index is 0.367. The zero-order valence-electron chi connectivity index (χ0n) is 9.98. The molecule has 0 aromatic heterocycles. The van der Waals surface area contributed by atoms with Gasteiger partial charge in [-0.3, -0.25) is 4.90 Å². The van der Waals surface area contributed by atoms with Crippen LogP contribution in [0, 0.1) is 5.92 Å². The molecule has 88 valence electrons. The van der Waals surface area contributed by atoms with E-state index in [0.29, 0.717) is 18.1 Å². The third-order valence-corrected chi connectivity index (χ3v) is 4.14. The minimum atomic E-state index is 0.367. The van der Waals surface area contributed by atoms with E-state index in [2.05, 4.69) is 18.9 Å². The van der Waals surface area contributed by atoms with E-state index >= 15 is 0 Å². The number of hydrogen-bond acceptors (Lipinski definition) is 3. The van der Waals surface area contributed by atoms with Gasteiger partial charge in [-0.1, -0.05) is 6.92 Å². The highest BCUT2D eigenvalue weighted by atomic mass is 16.5. The molecule has 0 bridgehead atoms. The lowest BCUT2D eigenvalue weighted by Gasteiger charge is -2.41. The average molecular weight is 212 g/mol. The number of nitrogens with two attached hydrogens (primary N) is 1. The van der Waals surface area contributed by atoms with Crippen molar-refractivity contribution in [3.63, 3.8) is 0 Å². The molecule has 2 aliphatic rings. The van der Waals surface area contributed by atoms with Gasteiger partial charge < -0.3 is 10.5 Å². The van der Waals surface area contributed by atoms with E-state index in [1.165, 1.54) is 25.7 Å². The van der Waals surface area contributed by atoms with Crippen LogP contribution in [0.1, 0.15) is 32.6 Å². The fourth-order valence-corrected chi connectivity index (χ4v) is 2.96. The van der Waals surface area contributed by atoms with Crippen molar-refractivity contribution in [3.8, 4) is 0 Å².